The smallest absolute Gasteiger partial charge is 0.115 e. The molecular formula is C21H20O3. The second kappa shape index (κ2) is 7.09. The Bertz CT molecular complexity index is 779. The normalized spacial score (nSPS) is 10.9. The van der Waals surface area contributed by atoms with E-state index in [0.717, 1.165) is 29.5 Å². The SMILES string of the molecule is Oc1cccc(CC(Cc2cccc(O)c2)c2cccc(O)c2)c1. The minimum atomic E-state index is 0.126. The van der Waals surface area contributed by atoms with Crippen molar-refractivity contribution in [1.29, 1.82) is 0 Å². The fourth-order valence-corrected chi connectivity index (χ4v) is 3.02. The van der Waals surface area contributed by atoms with E-state index < -0.39 is 0 Å². The Morgan fingerprint density at radius 3 is 1.50 bits per heavy atom. The van der Waals surface area contributed by atoms with Crippen LogP contribution in [0.2, 0.25) is 0 Å². The molecule has 0 amide bonds. The lowest BCUT2D eigenvalue weighted by molar-refractivity contribution is 0.471. The highest BCUT2D eigenvalue weighted by Crippen LogP contribution is 2.29. The van der Waals surface area contributed by atoms with Crippen molar-refractivity contribution in [3.8, 4) is 17.2 Å². The number of rotatable bonds is 5. The molecule has 122 valence electrons. The molecule has 0 aliphatic rings. The fraction of sp³-hybridized carbons (Fsp3) is 0.143. The van der Waals surface area contributed by atoms with Crippen LogP contribution in [0.15, 0.2) is 72.8 Å². The molecule has 0 fully saturated rings. The van der Waals surface area contributed by atoms with Gasteiger partial charge in [0.2, 0.25) is 0 Å². The topological polar surface area (TPSA) is 60.7 Å². The average molecular weight is 320 g/mol. The highest BCUT2D eigenvalue weighted by molar-refractivity contribution is 5.35. The summed E-state index contributed by atoms with van der Waals surface area (Å²) >= 11 is 0. The molecule has 24 heavy (non-hydrogen) atoms. The maximum absolute atomic E-state index is 9.80. The number of aromatic hydroxyl groups is 3. The minimum absolute atomic E-state index is 0.126. The van der Waals surface area contributed by atoms with E-state index in [1.165, 1.54) is 0 Å². The molecule has 0 atom stereocenters. The van der Waals surface area contributed by atoms with Crippen molar-refractivity contribution < 1.29 is 15.3 Å². The molecular weight excluding hydrogens is 300 g/mol. The van der Waals surface area contributed by atoms with Crippen LogP contribution in [0, 0.1) is 0 Å². The molecule has 0 aliphatic carbocycles. The van der Waals surface area contributed by atoms with Crippen LogP contribution in [0.4, 0.5) is 0 Å². The Balaban J connectivity index is 1.91. The molecule has 3 aromatic rings. The van der Waals surface area contributed by atoms with E-state index in [4.69, 9.17) is 0 Å². The van der Waals surface area contributed by atoms with Crippen LogP contribution in [0.1, 0.15) is 22.6 Å². The zero-order valence-corrected chi connectivity index (χ0v) is 13.3. The molecule has 0 aliphatic heterocycles. The van der Waals surface area contributed by atoms with E-state index in [2.05, 4.69) is 0 Å². The van der Waals surface area contributed by atoms with Crippen LogP contribution in [0.25, 0.3) is 0 Å². The van der Waals surface area contributed by atoms with Gasteiger partial charge in [0.15, 0.2) is 0 Å². The Morgan fingerprint density at radius 2 is 1.04 bits per heavy atom. The summed E-state index contributed by atoms with van der Waals surface area (Å²) in [5.74, 6) is 0.865. The zero-order valence-electron chi connectivity index (χ0n) is 13.3. The third-order valence-electron chi connectivity index (χ3n) is 4.13. The van der Waals surface area contributed by atoms with E-state index >= 15 is 0 Å². The minimum Gasteiger partial charge on any atom is -0.508 e. The van der Waals surface area contributed by atoms with E-state index in [9.17, 15) is 15.3 Å². The van der Waals surface area contributed by atoms with Crippen LogP contribution in [0.5, 0.6) is 17.2 Å². The zero-order chi connectivity index (χ0) is 16.9. The predicted molar refractivity (Wildman–Crippen MR) is 94.5 cm³/mol. The molecule has 0 unspecified atom stereocenters. The van der Waals surface area contributed by atoms with Gasteiger partial charge in [-0.15, -0.1) is 0 Å². The number of hydrogen-bond acceptors (Lipinski definition) is 3. The van der Waals surface area contributed by atoms with Gasteiger partial charge < -0.3 is 15.3 Å². The largest absolute Gasteiger partial charge is 0.508 e. The van der Waals surface area contributed by atoms with Gasteiger partial charge >= 0.3 is 0 Å². The Kier molecular flexibility index (Phi) is 4.71. The molecule has 0 aromatic heterocycles. The lowest BCUT2D eigenvalue weighted by atomic mass is 9.86. The van der Waals surface area contributed by atoms with Gasteiger partial charge in [0.25, 0.3) is 0 Å². The second-order valence-corrected chi connectivity index (χ2v) is 6.04. The van der Waals surface area contributed by atoms with Gasteiger partial charge in [-0.25, -0.2) is 0 Å². The van der Waals surface area contributed by atoms with E-state index in [0.29, 0.717) is 0 Å². The summed E-state index contributed by atoms with van der Waals surface area (Å²) < 4.78 is 0. The maximum Gasteiger partial charge on any atom is 0.115 e. The van der Waals surface area contributed by atoms with Gasteiger partial charge in [-0.2, -0.15) is 0 Å². The molecule has 0 saturated carbocycles. The molecule has 0 radical (unpaired) electrons. The molecule has 0 heterocycles. The third-order valence-corrected chi connectivity index (χ3v) is 4.13. The fourth-order valence-electron chi connectivity index (χ4n) is 3.02. The molecule has 3 rings (SSSR count). The van der Waals surface area contributed by atoms with Crippen LogP contribution < -0.4 is 0 Å². The highest BCUT2D eigenvalue weighted by Gasteiger charge is 2.15. The van der Waals surface area contributed by atoms with Crippen molar-refractivity contribution in [1.82, 2.24) is 0 Å². The van der Waals surface area contributed by atoms with Crippen LogP contribution in [-0.2, 0) is 12.8 Å². The number of phenols is 3. The average Bonchev–Trinajstić information content (AvgIpc) is 2.54. The van der Waals surface area contributed by atoms with Crippen LogP contribution >= 0.6 is 0 Å². The Morgan fingerprint density at radius 1 is 0.583 bits per heavy atom. The van der Waals surface area contributed by atoms with Crippen molar-refractivity contribution in [2.45, 2.75) is 18.8 Å². The van der Waals surface area contributed by atoms with E-state index in [1.54, 1.807) is 36.4 Å². The van der Waals surface area contributed by atoms with Crippen molar-refractivity contribution in [2.75, 3.05) is 0 Å². The lowest BCUT2D eigenvalue weighted by Gasteiger charge is -2.18. The molecule has 0 bridgehead atoms. The first-order valence-corrected chi connectivity index (χ1v) is 7.95. The predicted octanol–water partition coefficient (Wildman–Crippen LogP) is 4.37. The molecule has 0 spiro atoms. The third kappa shape index (κ3) is 4.07. The summed E-state index contributed by atoms with van der Waals surface area (Å²) in [5, 5.41) is 29.2. The van der Waals surface area contributed by atoms with Crippen molar-refractivity contribution in [2.24, 2.45) is 0 Å². The summed E-state index contributed by atoms with van der Waals surface area (Å²) in [7, 11) is 0. The van der Waals surface area contributed by atoms with Crippen molar-refractivity contribution >= 4 is 0 Å². The van der Waals surface area contributed by atoms with Crippen LogP contribution in [0.3, 0.4) is 0 Å². The summed E-state index contributed by atoms with van der Waals surface area (Å²) in [5.41, 5.74) is 3.09. The summed E-state index contributed by atoms with van der Waals surface area (Å²) in [6, 6.07) is 21.7. The molecule has 3 heteroatoms. The Labute approximate surface area is 141 Å². The van der Waals surface area contributed by atoms with Crippen molar-refractivity contribution in [3.05, 3.63) is 89.5 Å². The van der Waals surface area contributed by atoms with Gasteiger partial charge in [0.05, 0.1) is 0 Å². The quantitative estimate of drug-likeness (QED) is 0.654. The molecule has 0 saturated heterocycles. The number of phenolic OH excluding ortho intramolecular Hbond substituents is 3. The van der Waals surface area contributed by atoms with E-state index in [1.807, 2.05) is 36.4 Å². The lowest BCUT2D eigenvalue weighted by Crippen LogP contribution is -2.07. The molecule has 3 N–H and O–H groups in total. The summed E-state index contributed by atoms with van der Waals surface area (Å²) in [6.45, 7) is 0. The number of benzene rings is 3. The molecule has 3 nitrogen and oxygen atoms in total. The monoisotopic (exact) mass is 320 g/mol. The summed E-state index contributed by atoms with van der Waals surface area (Å²) in [6.07, 6.45) is 1.46. The van der Waals surface area contributed by atoms with E-state index in [-0.39, 0.29) is 23.2 Å². The number of hydrogen-bond donors (Lipinski definition) is 3. The Hall–Kier alpha value is -2.94. The van der Waals surface area contributed by atoms with Gasteiger partial charge in [-0.3, -0.25) is 0 Å². The standard InChI is InChI=1S/C21H20O3/c22-19-7-1-4-15(12-19)10-18(17-6-3-9-21(24)14-17)11-16-5-2-8-20(23)13-16/h1-9,12-14,18,22-24H,10-11H2. The molecule has 3 aromatic carbocycles. The highest BCUT2D eigenvalue weighted by atomic mass is 16.3. The van der Waals surface area contributed by atoms with Gasteiger partial charge in [-0.1, -0.05) is 36.4 Å². The van der Waals surface area contributed by atoms with Gasteiger partial charge in [-0.05, 0) is 71.8 Å². The summed E-state index contributed by atoms with van der Waals surface area (Å²) in [4.78, 5) is 0. The second-order valence-electron chi connectivity index (χ2n) is 6.04. The van der Waals surface area contributed by atoms with Crippen molar-refractivity contribution in [3.63, 3.8) is 0 Å². The van der Waals surface area contributed by atoms with Crippen LogP contribution in [-0.4, -0.2) is 15.3 Å². The van der Waals surface area contributed by atoms with Gasteiger partial charge in [0.1, 0.15) is 17.2 Å². The first-order chi connectivity index (χ1) is 11.6. The van der Waals surface area contributed by atoms with Gasteiger partial charge in [0, 0.05) is 0 Å². The first-order valence-electron chi connectivity index (χ1n) is 7.95. The first kappa shape index (κ1) is 15.9. The maximum atomic E-state index is 9.80.